The van der Waals surface area contributed by atoms with Crippen LogP contribution < -0.4 is 5.73 Å². The van der Waals surface area contributed by atoms with E-state index < -0.39 is 23.1 Å². The summed E-state index contributed by atoms with van der Waals surface area (Å²) in [5.74, 6) is -0.446. The molecule has 0 heterocycles. The maximum absolute atomic E-state index is 12.5. The molecule has 1 rings (SSSR count). The lowest BCUT2D eigenvalue weighted by molar-refractivity contribution is -0.142. The average molecular weight is 275 g/mol. The van der Waals surface area contributed by atoms with Crippen LogP contribution in [0.25, 0.3) is 0 Å². The van der Waals surface area contributed by atoms with Gasteiger partial charge in [-0.25, -0.2) is 0 Å². The van der Waals surface area contributed by atoms with Crippen molar-refractivity contribution >= 4 is 11.7 Å². The van der Waals surface area contributed by atoms with Crippen LogP contribution >= 0.6 is 0 Å². The molecular formula is C13H16F3NO2. The van der Waals surface area contributed by atoms with E-state index in [1.807, 2.05) is 0 Å². The molecule has 0 aromatic heterocycles. The zero-order valence-electron chi connectivity index (χ0n) is 11.0. The predicted molar refractivity (Wildman–Crippen MR) is 65.5 cm³/mol. The zero-order valence-corrected chi connectivity index (χ0v) is 11.0. The van der Waals surface area contributed by atoms with Crippen molar-refractivity contribution < 1.29 is 22.7 Å². The minimum absolute atomic E-state index is 0.0342. The summed E-state index contributed by atoms with van der Waals surface area (Å²) in [6, 6.07) is 3.19. The molecule has 0 aliphatic heterocycles. The van der Waals surface area contributed by atoms with Gasteiger partial charge in [0, 0.05) is 18.0 Å². The highest BCUT2D eigenvalue weighted by molar-refractivity contribution is 5.66. The lowest BCUT2D eigenvalue weighted by Crippen LogP contribution is -2.27. The third kappa shape index (κ3) is 3.87. The Morgan fingerprint density at radius 1 is 1.32 bits per heavy atom. The summed E-state index contributed by atoms with van der Waals surface area (Å²) in [5, 5.41) is 0. The monoisotopic (exact) mass is 275 g/mol. The predicted octanol–water partition coefficient (Wildman–Crippen LogP) is 3.13. The maximum atomic E-state index is 12.5. The summed E-state index contributed by atoms with van der Waals surface area (Å²) in [4.78, 5) is 10.8. The van der Waals surface area contributed by atoms with E-state index in [4.69, 9.17) is 10.5 Å². The van der Waals surface area contributed by atoms with E-state index in [0.717, 1.165) is 12.1 Å². The molecule has 1 aromatic carbocycles. The molecule has 106 valence electrons. The third-order valence-electron chi connectivity index (χ3n) is 2.74. The second kappa shape index (κ2) is 5.11. The molecule has 0 amide bonds. The van der Waals surface area contributed by atoms with Gasteiger partial charge in [0.15, 0.2) is 0 Å². The molecule has 19 heavy (non-hydrogen) atoms. The molecule has 0 radical (unpaired) electrons. The molecule has 0 atom stereocenters. The topological polar surface area (TPSA) is 52.3 Å². The third-order valence-corrected chi connectivity index (χ3v) is 2.74. The number of carbonyl (C=O) groups is 1. The fourth-order valence-electron chi connectivity index (χ4n) is 1.72. The lowest BCUT2D eigenvalue weighted by atomic mass is 9.84. The number of ether oxygens (including phenoxy) is 1. The van der Waals surface area contributed by atoms with Crippen molar-refractivity contribution in [2.24, 2.45) is 0 Å². The first-order chi connectivity index (χ1) is 8.54. The number of nitrogens with two attached hydrogens (primary N) is 1. The number of hydrogen-bond acceptors (Lipinski definition) is 3. The number of carbonyl (C=O) groups excluding carboxylic acids is 1. The number of rotatable bonds is 3. The summed E-state index contributed by atoms with van der Waals surface area (Å²) in [6.07, 6.45) is -4.42. The zero-order chi connectivity index (χ0) is 14.8. The van der Waals surface area contributed by atoms with Gasteiger partial charge in [0.2, 0.25) is 0 Å². The Bertz CT molecular complexity index is 481. The number of nitrogen functional groups attached to an aromatic ring is 1. The molecule has 0 bridgehead atoms. The van der Waals surface area contributed by atoms with E-state index >= 15 is 0 Å². The Morgan fingerprint density at radius 3 is 2.32 bits per heavy atom. The van der Waals surface area contributed by atoms with E-state index in [1.165, 1.54) is 13.0 Å². The molecule has 0 saturated heterocycles. The summed E-state index contributed by atoms with van der Waals surface area (Å²) in [6.45, 7) is 4.81. The average Bonchev–Trinajstić information content (AvgIpc) is 2.25. The van der Waals surface area contributed by atoms with E-state index in [9.17, 15) is 18.0 Å². The molecule has 0 aliphatic rings. The second-order valence-corrected chi connectivity index (χ2v) is 4.96. The van der Waals surface area contributed by atoms with Gasteiger partial charge in [0.05, 0.1) is 5.56 Å². The second-order valence-electron chi connectivity index (χ2n) is 4.96. The van der Waals surface area contributed by atoms with Crippen molar-refractivity contribution in [1.82, 2.24) is 0 Å². The molecule has 6 heteroatoms. The molecule has 0 unspecified atom stereocenters. The molecule has 0 saturated carbocycles. The Hall–Kier alpha value is -1.72. The normalized spacial score (nSPS) is 12.3. The van der Waals surface area contributed by atoms with Crippen molar-refractivity contribution in [3.05, 3.63) is 29.3 Å². The number of alkyl halides is 3. The van der Waals surface area contributed by atoms with Gasteiger partial charge in [-0.15, -0.1) is 0 Å². The smallest absolute Gasteiger partial charge is 0.416 e. The largest absolute Gasteiger partial charge is 0.465 e. The van der Waals surface area contributed by atoms with Gasteiger partial charge < -0.3 is 10.5 Å². The first-order valence-electron chi connectivity index (χ1n) is 5.64. The van der Waals surface area contributed by atoms with Crippen LogP contribution in [0.1, 0.15) is 31.9 Å². The molecule has 0 aliphatic carbocycles. The highest BCUT2D eigenvalue weighted by atomic mass is 19.4. The van der Waals surface area contributed by atoms with Crippen LogP contribution in [0.3, 0.4) is 0 Å². The Balaban J connectivity index is 3.05. The van der Waals surface area contributed by atoms with Crippen molar-refractivity contribution in [3.63, 3.8) is 0 Å². The fraction of sp³-hybridized carbons (Fsp3) is 0.462. The van der Waals surface area contributed by atoms with Crippen LogP contribution in [0, 0.1) is 0 Å². The summed E-state index contributed by atoms with van der Waals surface area (Å²) < 4.78 is 42.5. The van der Waals surface area contributed by atoms with E-state index in [2.05, 4.69) is 0 Å². The van der Waals surface area contributed by atoms with E-state index in [-0.39, 0.29) is 12.3 Å². The Kier molecular flexibility index (Phi) is 4.12. The summed E-state index contributed by atoms with van der Waals surface area (Å²) in [7, 11) is 0. The van der Waals surface area contributed by atoms with Gasteiger partial charge in [-0.1, -0.05) is 19.9 Å². The standard InChI is InChI=1S/C13H16F3NO2/c1-8(18)19-7-12(2,3)10-5-4-9(6-11(10)17)13(14,15)16/h4-6H,7,17H2,1-3H3. The van der Waals surface area contributed by atoms with Crippen molar-refractivity contribution in [2.75, 3.05) is 12.3 Å². The van der Waals surface area contributed by atoms with Crippen LogP contribution in [0.15, 0.2) is 18.2 Å². The van der Waals surface area contributed by atoms with Crippen LogP contribution in [-0.4, -0.2) is 12.6 Å². The minimum Gasteiger partial charge on any atom is -0.465 e. The molecule has 0 spiro atoms. The van der Waals surface area contributed by atoms with Crippen molar-refractivity contribution in [2.45, 2.75) is 32.4 Å². The number of anilines is 1. The van der Waals surface area contributed by atoms with Gasteiger partial charge in [-0.2, -0.15) is 13.2 Å². The van der Waals surface area contributed by atoms with Gasteiger partial charge in [-0.3, -0.25) is 4.79 Å². The molecule has 2 N–H and O–H groups in total. The van der Waals surface area contributed by atoms with Gasteiger partial charge in [0.25, 0.3) is 0 Å². The molecular weight excluding hydrogens is 259 g/mol. The van der Waals surface area contributed by atoms with Crippen LogP contribution in [0.5, 0.6) is 0 Å². The minimum atomic E-state index is -4.42. The SMILES string of the molecule is CC(=O)OCC(C)(C)c1ccc(C(F)(F)F)cc1N. The van der Waals surface area contributed by atoms with Crippen LogP contribution in [0.2, 0.25) is 0 Å². The number of hydrogen-bond donors (Lipinski definition) is 1. The molecule has 3 nitrogen and oxygen atoms in total. The first kappa shape index (κ1) is 15.3. The molecule has 1 aromatic rings. The number of esters is 1. The van der Waals surface area contributed by atoms with Gasteiger partial charge in [-0.05, 0) is 17.7 Å². The fourth-order valence-corrected chi connectivity index (χ4v) is 1.72. The summed E-state index contributed by atoms with van der Waals surface area (Å²) >= 11 is 0. The maximum Gasteiger partial charge on any atom is 0.416 e. The van der Waals surface area contributed by atoms with Crippen LogP contribution in [0.4, 0.5) is 18.9 Å². The van der Waals surface area contributed by atoms with Crippen molar-refractivity contribution in [3.8, 4) is 0 Å². The van der Waals surface area contributed by atoms with Crippen LogP contribution in [-0.2, 0) is 21.1 Å². The van der Waals surface area contributed by atoms with Crippen molar-refractivity contribution in [1.29, 1.82) is 0 Å². The van der Waals surface area contributed by atoms with E-state index in [1.54, 1.807) is 13.8 Å². The Labute approximate surface area is 109 Å². The van der Waals surface area contributed by atoms with Gasteiger partial charge >= 0.3 is 12.1 Å². The van der Waals surface area contributed by atoms with E-state index in [0.29, 0.717) is 5.56 Å². The van der Waals surface area contributed by atoms with Gasteiger partial charge in [0.1, 0.15) is 6.61 Å². The number of halogens is 3. The highest BCUT2D eigenvalue weighted by Gasteiger charge is 2.32. The lowest BCUT2D eigenvalue weighted by Gasteiger charge is -2.26. The first-order valence-corrected chi connectivity index (χ1v) is 5.64. The Morgan fingerprint density at radius 2 is 1.89 bits per heavy atom. The number of benzene rings is 1. The highest BCUT2D eigenvalue weighted by Crippen LogP contribution is 2.35. The quantitative estimate of drug-likeness (QED) is 0.681. The summed E-state index contributed by atoms with van der Waals surface area (Å²) in [5.41, 5.74) is 4.77. The molecule has 0 fully saturated rings.